The highest BCUT2D eigenvalue weighted by Gasteiger charge is 2.30. The Bertz CT molecular complexity index is 451. The molecule has 1 aromatic heterocycles. The summed E-state index contributed by atoms with van der Waals surface area (Å²) in [6.45, 7) is 5.96. The van der Waals surface area contributed by atoms with Gasteiger partial charge in [0.25, 0.3) is 0 Å². The summed E-state index contributed by atoms with van der Waals surface area (Å²) in [6, 6.07) is 2.23. The lowest BCUT2D eigenvalue weighted by atomic mass is 9.88. The molecule has 1 aromatic rings. The van der Waals surface area contributed by atoms with Gasteiger partial charge in [-0.1, -0.05) is 13.8 Å². The number of hydrogen-bond donors (Lipinski definition) is 1. The van der Waals surface area contributed by atoms with Crippen LogP contribution in [0.5, 0.6) is 0 Å². The van der Waals surface area contributed by atoms with E-state index in [0.717, 1.165) is 37.3 Å². The second kappa shape index (κ2) is 4.50. The number of fused-ring (bicyclic) bond motifs is 1. The van der Waals surface area contributed by atoms with Crippen molar-refractivity contribution in [3.05, 3.63) is 17.2 Å². The second-order valence-corrected chi connectivity index (χ2v) is 5.37. The standard InChI is InChI=1S/C13H20N4/c1-13(2,6-7-14)12-16-10(9-15)11-5-3-4-8-17(11)12/h3-8,14H2,1-2H3. The smallest absolute Gasteiger partial charge is 0.162 e. The Morgan fingerprint density at radius 2 is 2.24 bits per heavy atom. The summed E-state index contributed by atoms with van der Waals surface area (Å²) in [5.41, 5.74) is 7.36. The topological polar surface area (TPSA) is 67.6 Å². The average molecular weight is 232 g/mol. The maximum Gasteiger partial charge on any atom is 0.162 e. The average Bonchev–Trinajstić information content (AvgIpc) is 2.68. The van der Waals surface area contributed by atoms with Gasteiger partial charge in [-0.05, 0) is 32.2 Å². The van der Waals surface area contributed by atoms with Gasteiger partial charge >= 0.3 is 0 Å². The molecule has 0 atom stereocenters. The van der Waals surface area contributed by atoms with Crippen LogP contribution in [0.3, 0.4) is 0 Å². The Balaban J connectivity index is 2.48. The minimum absolute atomic E-state index is 0.0457. The molecular formula is C13H20N4. The van der Waals surface area contributed by atoms with E-state index in [0.29, 0.717) is 12.2 Å². The first-order valence-electron chi connectivity index (χ1n) is 6.30. The summed E-state index contributed by atoms with van der Waals surface area (Å²) >= 11 is 0. The minimum Gasteiger partial charge on any atom is -0.330 e. The van der Waals surface area contributed by atoms with Crippen molar-refractivity contribution < 1.29 is 0 Å². The van der Waals surface area contributed by atoms with E-state index in [-0.39, 0.29) is 5.41 Å². The van der Waals surface area contributed by atoms with Crippen LogP contribution in [-0.4, -0.2) is 16.1 Å². The molecule has 1 aliphatic heterocycles. The fraction of sp³-hybridized carbons (Fsp3) is 0.692. The lowest BCUT2D eigenvalue weighted by Gasteiger charge is -2.26. The Hall–Kier alpha value is -1.34. The molecule has 0 saturated carbocycles. The number of nitriles is 1. The molecule has 0 bridgehead atoms. The van der Waals surface area contributed by atoms with Gasteiger partial charge in [0, 0.05) is 12.0 Å². The number of rotatable bonds is 3. The van der Waals surface area contributed by atoms with Crippen LogP contribution in [0, 0.1) is 11.3 Å². The van der Waals surface area contributed by atoms with Crippen LogP contribution in [-0.2, 0) is 18.4 Å². The molecule has 1 aliphatic rings. The van der Waals surface area contributed by atoms with Crippen LogP contribution < -0.4 is 5.73 Å². The van der Waals surface area contributed by atoms with Gasteiger partial charge in [-0.25, -0.2) is 4.98 Å². The molecule has 2 N–H and O–H groups in total. The van der Waals surface area contributed by atoms with Crippen molar-refractivity contribution in [1.82, 2.24) is 9.55 Å². The van der Waals surface area contributed by atoms with Gasteiger partial charge in [0.05, 0.1) is 5.69 Å². The molecular weight excluding hydrogens is 212 g/mol. The van der Waals surface area contributed by atoms with Crippen LogP contribution in [0.25, 0.3) is 0 Å². The van der Waals surface area contributed by atoms with Crippen molar-refractivity contribution in [3.8, 4) is 6.07 Å². The van der Waals surface area contributed by atoms with Crippen LogP contribution in [0.15, 0.2) is 0 Å². The number of hydrogen-bond acceptors (Lipinski definition) is 3. The van der Waals surface area contributed by atoms with Crippen LogP contribution in [0.4, 0.5) is 0 Å². The third kappa shape index (κ3) is 2.07. The summed E-state index contributed by atoms with van der Waals surface area (Å²) in [7, 11) is 0. The number of nitrogens with two attached hydrogens (primary N) is 1. The van der Waals surface area contributed by atoms with Crippen molar-refractivity contribution in [2.24, 2.45) is 5.73 Å². The van der Waals surface area contributed by atoms with E-state index >= 15 is 0 Å². The normalized spacial score (nSPS) is 15.4. The molecule has 0 fully saturated rings. The van der Waals surface area contributed by atoms with E-state index in [2.05, 4.69) is 29.5 Å². The van der Waals surface area contributed by atoms with Gasteiger partial charge in [0.15, 0.2) is 5.69 Å². The molecule has 2 heterocycles. The quantitative estimate of drug-likeness (QED) is 0.862. The molecule has 2 rings (SSSR count). The molecule has 17 heavy (non-hydrogen) atoms. The Morgan fingerprint density at radius 1 is 1.47 bits per heavy atom. The summed E-state index contributed by atoms with van der Waals surface area (Å²) in [5, 5.41) is 9.15. The molecule has 92 valence electrons. The van der Waals surface area contributed by atoms with E-state index < -0.39 is 0 Å². The Kier molecular flexibility index (Phi) is 3.21. The third-order valence-electron chi connectivity index (χ3n) is 3.60. The fourth-order valence-corrected chi connectivity index (χ4v) is 2.62. The SMILES string of the molecule is CC(C)(CCN)c1nc(C#N)c2n1CCCC2. The van der Waals surface area contributed by atoms with E-state index in [4.69, 9.17) is 11.0 Å². The fourth-order valence-electron chi connectivity index (χ4n) is 2.62. The van der Waals surface area contributed by atoms with Crippen molar-refractivity contribution in [3.63, 3.8) is 0 Å². The van der Waals surface area contributed by atoms with Gasteiger partial charge in [-0.15, -0.1) is 0 Å². The van der Waals surface area contributed by atoms with E-state index in [9.17, 15) is 0 Å². The van der Waals surface area contributed by atoms with Crippen molar-refractivity contribution in [1.29, 1.82) is 5.26 Å². The summed E-state index contributed by atoms with van der Waals surface area (Å²) in [4.78, 5) is 4.55. The zero-order valence-electron chi connectivity index (χ0n) is 10.7. The second-order valence-electron chi connectivity index (χ2n) is 5.37. The Labute approximate surface area is 102 Å². The van der Waals surface area contributed by atoms with Gasteiger partial charge in [0.1, 0.15) is 11.9 Å². The molecule has 0 spiro atoms. The number of nitrogens with zero attached hydrogens (tertiary/aromatic N) is 3. The molecule has 0 saturated heterocycles. The van der Waals surface area contributed by atoms with E-state index in [1.54, 1.807) is 0 Å². The van der Waals surface area contributed by atoms with Crippen LogP contribution in [0.1, 0.15) is 50.3 Å². The first-order chi connectivity index (χ1) is 8.10. The molecule has 0 radical (unpaired) electrons. The first kappa shape index (κ1) is 12.1. The highest BCUT2D eigenvalue weighted by atomic mass is 15.1. The number of aromatic nitrogens is 2. The first-order valence-corrected chi connectivity index (χ1v) is 6.30. The Morgan fingerprint density at radius 3 is 2.88 bits per heavy atom. The molecule has 4 heteroatoms. The lowest BCUT2D eigenvalue weighted by Crippen LogP contribution is -2.27. The maximum atomic E-state index is 9.15. The van der Waals surface area contributed by atoms with Crippen LogP contribution in [0.2, 0.25) is 0 Å². The van der Waals surface area contributed by atoms with Gasteiger partial charge < -0.3 is 10.3 Å². The lowest BCUT2D eigenvalue weighted by molar-refractivity contribution is 0.409. The zero-order chi connectivity index (χ0) is 12.5. The summed E-state index contributed by atoms with van der Waals surface area (Å²) in [5.74, 6) is 1.04. The predicted octanol–water partition coefficient (Wildman–Crippen LogP) is 1.72. The molecule has 0 aliphatic carbocycles. The van der Waals surface area contributed by atoms with E-state index in [1.165, 1.54) is 6.42 Å². The number of imidazole rings is 1. The van der Waals surface area contributed by atoms with Gasteiger partial charge in [0.2, 0.25) is 0 Å². The van der Waals surface area contributed by atoms with Crippen molar-refractivity contribution in [2.75, 3.05) is 6.54 Å². The minimum atomic E-state index is -0.0457. The molecule has 4 nitrogen and oxygen atoms in total. The maximum absolute atomic E-state index is 9.15. The predicted molar refractivity (Wildman–Crippen MR) is 66.6 cm³/mol. The summed E-state index contributed by atoms with van der Waals surface area (Å²) < 4.78 is 2.25. The zero-order valence-corrected chi connectivity index (χ0v) is 10.7. The van der Waals surface area contributed by atoms with Gasteiger partial charge in [-0.2, -0.15) is 5.26 Å². The highest BCUT2D eigenvalue weighted by molar-refractivity contribution is 5.32. The van der Waals surface area contributed by atoms with Gasteiger partial charge in [-0.3, -0.25) is 0 Å². The largest absolute Gasteiger partial charge is 0.330 e. The highest BCUT2D eigenvalue weighted by Crippen LogP contribution is 2.30. The van der Waals surface area contributed by atoms with Crippen molar-refractivity contribution in [2.45, 2.75) is 51.5 Å². The third-order valence-corrected chi connectivity index (χ3v) is 3.60. The van der Waals surface area contributed by atoms with Crippen LogP contribution >= 0.6 is 0 Å². The van der Waals surface area contributed by atoms with E-state index in [1.807, 2.05) is 0 Å². The monoisotopic (exact) mass is 232 g/mol. The molecule has 0 unspecified atom stereocenters. The molecule has 0 amide bonds. The molecule has 0 aromatic carbocycles. The van der Waals surface area contributed by atoms with Crippen molar-refractivity contribution >= 4 is 0 Å². The summed E-state index contributed by atoms with van der Waals surface area (Å²) in [6.07, 6.45) is 4.22.